The molecule has 1 saturated heterocycles. The maximum atomic E-state index is 13.0. The summed E-state index contributed by atoms with van der Waals surface area (Å²) in [5, 5.41) is 17.1. The second kappa shape index (κ2) is 6.35. The van der Waals surface area contributed by atoms with Crippen LogP contribution in [0.3, 0.4) is 0 Å². The third kappa shape index (κ3) is 3.29. The second-order valence-corrected chi connectivity index (χ2v) is 6.02. The summed E-state index contributed by atoms with van der Waals surface area (Å²) in [4.78, 5) is 5.46. The van der Waals surface area contributed by atoms with E-state index in [9.17, 15) is 18.4 Å². The van der Waals surface area contributed by atoms with Gasteiger partial charge >= 0.3 is 6.18 Å². The molecule has 0 radical (unpaired) electrons. The molecule has 0 bridgehead atoms. The zero-order chi connectivity index (χ0) is 18.2. The van der Waals surface area contributed by atoms with Gasteiger partial charge in [-0.25, -0.2) is 4.98 Å². The molecular formula is C16H16F3N5O. The van der Waals surface area contributed by atoms with Crippen molar-refractivity contribution in [2.45, 2.75) is 44.8 Å². The molecule has 6 nitrogen and oxygen atoms in total. The van der Waals surface area contributed by atoms with Crippen LogP contribution in [0.4, 0.5) is 19.0 Å². The highest BCUT2D eigenvalue weighted by molar-refractivity contribution is 5.56. The Hall–Kier alpha value is -2.63. The summed E-state index contributed by atoms with van der Waals surface area (Å²) in [5.41, 5.74) is -0.897. The monoisotopic (exact) mass is 351 g/mol. The normalized spacial score (nSPS) is 21.2. The summed E-state index contributed by atoms with van der Waals surface area (Å²) in [5.74, 6) is 0.818. The third-order valence-electron chi connectivity index (χ3n) is 4.40. The lowest BCUT2D eigenvalue weighted by atomic mass is 9.89. The number of hydrogen-bond acceptors (Lipinski definition) is 6. The molecule has 1 aliphatic rings. The topological polar surface area (TPSA) is 78.8 Å². The molecule has 1 fully saturated rings. The fourth-order valence-electron chi connectivity index (χ4n) is 3.15. The van der Waals surface area contributed by atoms with E-state index in [1.165, 1.54) is 6.07 Å². The van der Waals surface area contributed by atoms with Crippen LogP contribution >= 0.6 is 0 Å². The van der Waals surface area contributed by atoms with Gasteiger partial charge < -0.3 is 9.32 Å². The van der Waals surface area contributed by atoms with Gasteiger partial charge in [-0.3, -0.25) is 0 Å². The summed E-state index contributed by atoms with van der Waals surface area (Å²) in [6, 6.07) is 3.70. The predicted octanol–water partition coefficient (Wildman–Crippen LogP) is 3.44. The first-order valence-electron chi connectivity index (χ1n) is 7.86. The number of halogens is 3. The summed E-state index contributed by atoms with van der Waals surface area (Å²) in [7, 11) is 0. The molecule has 2 aromatic heterocycles. The van der Waals surface area contributed by atoms with Crippen LogP contribution in [0.5, 0.6) is 0 Å². The number of aromatic nitrogens is 3. The number of hydrogen-bond donors (Lipinski definition) is 0. The van der Waals surface area contributed by atoms with Gasteiger partial charge in [-0.2, -0.15) is 18.4 Å². The molecule has 0 unspecified atom stereocenters. The second-order valence-electron chi connectivity index (χ2n) is 6.02. The third-order valence-corrected chi connectivity index (χ3v) is 4.40. The van der Waals surface area contributed by atoms with Crippen molar-refractivity contribution >= 4 is 5.82 Å². The number of piperidine rings is 1. The number of anilines is 1. The Morgan fingerprint density at radius 2 is 2.08 bits per heavy atom. The molecule has 0 aromatic carbocycles. The van der Waals surface area contributed by atoms with Gasteiger partial charge in [0.1, 0.15) is 17.6 Å². The highest BCUT2D eigenvalue weighted by atomic mass is 19.4. The molecule has 0 amide bonds. The van der Waals surface area contributed by atoms with Gasteiger partial charge in [0.05, 0.1) is 11.5 Å². The van der Waals surface area contributed by atoms with E-state index in [4.69, 9.17) is 4.42 Å². The Morgan fingerprint density at radius 1 is 1.32 bits per heavy atom. The van der Waals surface area contributed by atoms with Crippen molar-refractivity contribution in [1.29, 1.82) is 5.26 Å². The van der Waals surface area contributed by atoms with Crippen molar-refractivity contribution in [2.24, 2.45) is 0 Å². The van der Waals surface area contributed by atoms with E-state index in [-0.39, 0.29) is 23.3 Å². The fraction of sp³-hybridized carbons (Fsp3) is 0.500. The maximum Gasteiger partial charge on any atom is 0.433 e. The molecule has 0 aliphatic carbocycles. The van der Waals surface area contributed by atoms with Crippen molar-refractivity contribution in [2.75, 3.05) is 11.4 Å². The van der Waals surface area contributed by atoms with Gasteiger partial charge in [-0.1, -0.05) is 0 Å². The lowest BCUT2D eigenvalue weighted by molar-refractivity contribution is -0.141. The van der Waals surface area contributed by atoms with Crippen LogP contribution in [-0.4, -0.2) is 27.8 Å². The highest BCUT2D eigenvalue weighted by Gasteiger charge is 2.37. The molecule has 2 aromatic rings. The van der Waals surface area contributed by atoms with E-state index in [1.54, 1.807) is 11.8 Å². The Labute approximate surface area is 142 Å². The molecular weight excluding hydrogens is 335 g/mol. The van der Waals surface area contributed by atoms with Crippen LogP contribution in [0.2, 0.25) is 0 Å². The molecule has 3 heterocycles. The van der Waals surface area contributed by atoms with Gasteiger partial charge in [0, 0.05) is 19.5 Å². The van der Waals surface area contributed by atoms with E-state index in [0.29, 0.717) is 18.3 Å². The first-order valence-corrected chi connectivity index (χ1v) is 7.86. The lowest BCUT2D eigenvalue weighted by Crippen LogP contribution is -2.43. The summed E-state index contributed by atoms with van der Waals surface area (Å²) < 4.78 is 44.5. The van der Waals surface area contributed by atoms with E-state index in [2.05, 4.69) is 15.2 Å². The minimum atomic E-state index is -4.56. The van der Waals surface area contributed by atoms with Crippen molar-refractivity contribution in [1.82, 2.24) is 15.2 Å². The quantitative estimate of drug-likeness (QED) is 0.825. The average molecular weight is 351 g/mol. The number of nitrogens with zero attached hydrogens (tertiary/aromatic N) is 5. The van der Waals surface area contributed by atoms with Crippen LogP contribution in [0, 0.1) is 18.3 Å². The molecule has 0 spiro atoms. The molecule has 0 saturated carbocycles. The van der Waals surface area contributed by atoms with Gasteiger partial charge in [-0.15, -0.1) is 10.2 Å². The van der Waals surface area contributed by atoms with Crippen LogP contribution in [0.25, 0.3) is 0 Å². The smallest absolute Gasteiger partial charge is 0.425 e. The Kier molecular flexibility index (Phi) is 4.37. The Morgan fingerprint density at radius 3 is 2.68 bits per heavy atom. The van der Waals surface area contributed by atoms with E-state index in [1.807, 2.05) is 13.0 Å². The van der Waals surface area contributed by atoms with E-state index < -0.39 is 11.9 Å². The standard InChI is InChI=1S/C16H16F3N5O/c1-9-12(15-23-22-10(2)25-15)4-3-7-24(9)14-11(8-20)5-6-13(21-14)16(17,18)19/h5-6,9,12H,3-4,7H2,1-2H3/t9-,12-/m0/s1. The number of alkyl halides is 3. The van der Waals surface area contributed by atoms with Crippen LogP contribution < -0.4 is 4.90 Å². The van der Waals surface area contributed by atoms with E-state index in [0.717, 1.165) is 18.9 Å². The zero-order valence-corrected chi connectivity index (χ0v) is 13.7. The van der Waals surface area contributed by atoms with E-state index >= 15 is 0 Å². The minimum absolute atomic E-state index is 0.0470. The zero-order valence-electron chi connectivity index (χ0n) is 13.7. The maximum absolute atomic E-state index is 13.0. The largest absolute Gasteiger partial charge is 0.433 e. The Balaban J connectivity index is 1.99. The van der Waals surface area contributed by atoms with Crippen molar-refractivity contribution < 1.29 is 17.6 Å². The highest BCUT2D eigenvalue weighted by Crippen LogP contribution is 2.37. The fourth-order valence-corrected chi connectivity index (χ4v) is 3.15. The van der Waals surface area contributed by atoms with Gasteiger partial charge in [-0.05, 0) is 31.9 Å². The minimum Gasteiger partial charge on any atom is -0.425 e. The van der Waals surface area contributed by atoms with Crippen molar-refractivity contribution in [3.63, 3.8) is 0 Å². The predicted molar refractivity (Wildman–Crippen MR) is 81.8 cm³/mol. The first kappa shape index (κ1) is 17.2. The van der Waals surface area contributed by atoms with Crippen LogP contribution in [-0.2, 0) is 6.18 Å². The first-order chi connectivity index (χ1) is 11.8. The van der Waals surface area contributed by atoms with Crippen molar-refractivity contribution in [3.8, 4) is 6.07 Å². The number of aryl methyl sites for hydroxylation is 1. The van der Waals surface area contributed by atoms with Gasteiger partial charge in [0.2, 0.25) is 11.8 Å². The Bertz CT molecular complexity index is 811. The number of pyridine rings is 1. The summed E-state index contributed by atoms with van der Waals surface area (Å²) >= 11 is 0. The number of nitriles is 1. The van der Waals surface area contributed by atoms with Crippen molar-refractivity contribution in [3.05, 3.63) is 35.2 Å². The molecule has 2 atom stereocenters. The van der Waals surface area contributed by atoms with Crippen LogP contribution in [0.15, 0.2) is 16.5 Å². The summed E-state index contributed by atoms with van der Waals surface area (Å²) in [6.07, 6.45) is -3.07. The average Bonchev–Trinajstić information content (AvgIpc) is 3.00. The van der Waals surface area contributed by atoms with Gasteiger partial charge in [0.15, 0.2) is 0 Å². The molecule has 1 aliphatic heterocycles. The number of rotatable bonds is 2. The molecule has 132 valence electrons. The molecule has 9 heteroatoms. The molecule has 25 heavy (non-hydrogen) atoms. The summed E-state index contributed by atoms with van der Waals surface area (Å²) in [6.45, 7) is 4.06. The molecule has 3 rings (SSSR count). The SMILES string of the molecule is Cc1nnc([C@H]2CCCN(c3nc(C(F)(F)F)ccc3C#N)[C@H]2C)o1. The lowest BCUT2D eigenvalue weighted by Gasteiger charge is -2.39. The molecule has 0 N–H and O–H groups in total. The van der Waals surface area contributed by atoms with Crippen LogP contribution in [0.1, 0.15) is 48.7 Å². The van der Waals surface area contributed by atoms with Gasteiger partial charge in [0.25, 0.3) is 0 Å².